The van der Waals surface area contributed by atoms with E-state index in [1.54, 1.807) is 17.7 Å². The Bertz CT molecular complexity index is 579. The van der Waals surface area contributed by atoms with Crippen LogP contribution in [0.1, 0.15) is 5.56 Å². The average molecular weight is 189 g/mol. The summed E-state index contributed by atoms with van der Waals surface area (Å²) in [6.07, 6.45) is 1.75. The van der Waals surface area contributed by atoms with Crippen LogP contribution in [0.2, 0.25) is 0 Å². The van der Waals surface area contributed by atoms with Gasteiger partial charge in [-0.15, -0.1) is 10.2 Å². The van der Waals surface area contributed by atoms with E-state index in [2.05, 4.69) is 35.3 Å². The Morgan fingerprint density at radius 3 is 3.23 bits per heavy atom. The van der Waals surface area contributed by atoms with Crippen LogP contribution < -0.4 is 0 Å². The maximum absolute atomic E-state index is 4.02. The van der Waals surface area contributed by atoms with Crippen LogP contribution in [0.5, 0.6) is 0 Å². The molecule has 1 aromatic carbocycles. The first kappa shape index (κ1) is 7.03. The summed E-state index contributed by atoms with van der Waals surface area (Å²) in [5, 5.41) is 7.87. The van der Waals surface area contributed by atoms with Crippen LogP contribution in [0.3, 0.4) is 0 Å². The van der Waals surface area contributed by atoms with Gasteiger partial charge in [0.2, 0.25) is 4.96 Å². The van der Waals surface area contributed by atoms with Crippen LogP contribution >= 0.6 is 11.3 Å². The highest BCUT2D eigenvalue weighted by molar-refractivity contribution is 7.23. The molecule has 3 rings (SSSR count). The van der Waals surface area contributed by atoms with Crippen molar-refractivity contribution in [1.29, 1.82) is 0 Å². The van der Waals surface area contributed by atoms with E-state index in [4.69, 9.17) is 0 Å². The molecule has 0 saturated heterocycles. The van der Waals surface area contributed by atoms with E-state index in [0.29, 0.717) is 0 Å². The molecule has 0 unspecified atom stereocenters. The summed E-state index contributed by atoms with van der Waals surface area (Å²) in [4.78, 5) is 0.959. The summed E-state index contributed by atoms with van der Waals surface area (Å²) in [5.74, 6) is 0. The molecular weight excluding hydrogens is 182 g/mol. The normalized spacial score (nSPS) is 11.5. The molecule has 64 valence electrons. The highest BCUT2D eigenvalue weighted by Crippen LogP contribution is 2.25. The van der Waals surface area contributed by atoms with Gasteiger partial charge < -0.3 is 0 Å². The predicted octanol–water partition coefficient (Wildman–Crippen LogP) is 2.25. The summed E-state index contributed by atoms with van der Waals surface area (Å²) in [6.45, 7) is 2.10. The highest BCUT2D eigenvalue weighted by Gasteiger charge is 2.04. The van der Waals surface area contributed by atoms with E-state index < -0.39 is 0 Å². The summed E-state index contributed by atoms with van der Waals surface area (Å²) in [5.41, 5.74) is 2.47. The van der Waals surface area contributed by atoms with Crippen molar-refractivity contribution in [2.75, 3.05) is 0 Å². The number of thiazole rings is 1. The average Bonchev–Trinajstić information content (AvgIpc) is 2.62. The van der Waals surface area contributed by atoms with E-state index in [1.165, 1.54) is 15.8 Å². The Kier molecular flexibility index (Phi) is 1.24. The first-order valence-electron chi connectivity index (χ1n) is 4.03. The first-order valence-corrected chi connectivity index (χ1v) is 4.85. The van der Waals surface area contributed by atoms with Crippen molar-refractivity contribution < 1.29 is 0 Å². The molecule has 0 spiro atoms. The molecule has 3 aromatic rings. The molecular formula is C9H7N3S. The Labute approximate surface area is 78.6 Å². The topological polar surface area (TPSA) is 30.2 Å². The smallest absolute Gasteiger partial charge is 0.217 e. The maximum Gasteiger partial charge on any atom is 0.217 e. The third-order valence-electron chi connectivity index (χ3n) is 2.09. The van der Waals surface area contributed by atoms with Crippen molar-refractivity contribution in [3.05, 3.63) is 30.1 Å². The second kappa shape index (κ2) is 2.29. The lowest BCUT2D eigenvalue weighted by molar-refractivity contribution is 1.11. The molecule has 0 bridgehead atoms. The van der Waals surface area contributed by atoms with Crippen LogP contribution in [-0.2, 0) is 0 Å². The number of aromatic nitrogens is 3. The van der Waals surface area contributed by atoms with Crippen molar-refractivity contribution in [1.82, 2.24) is 14.6 Å². The largest absolute Gasteiger partial charge is 0.272 e. The highest BCUT2D eigenvalue weighted by atomic mass is 32.1. The molecule has 3 nitrogen and oxygen atoms in total. The molecule has 0 amide bonds. The van der Waals surface area contributed by atoms with Crippen molar-refractivity contribution in [2.24, 2.45) is 0 Å². The van der Waals surface area contributed by atoms with Crippen LogP contribution in [0.15, 0.2) is 24.5 Å². The Morgan fingerprint density at radius 2 is 2.31 bits per heavy atom. The van der Waals surface area contributed by atoms with Crippen molar-refractivity contribution in [2.45, 2.75) is 6.92 Å². The quantitative estimate of drug-likeness (QED) is 0.543. The third kappa shape index (κ3) is 0.890. The third-order valence-corrected chi connectivity index (χ3v) is 3.10. The molecule has 4 heteroatoms. The molecule has 0 aliphatic rings. The van der Waals surface area contributed by atoms with Crippen LogP contribution in [-0.4, -0.2) is 14.6 Å². The summed E-state index contributed by atoms with van der Waals surface area (Å²) in [6, 6.07) is 6.39. The monoisotopic (exact) mass is 189 g/mol. The first-order chi connectivity index (χ1) is 6.34. The second-order valence-corrected chi connectivity index (χ2v) is 4.07. The Morgan fingerprint density at radius 1 is 1.38 bits per heavy atom. The molecule has 0 aliphatic heterocycles. The number of hydrogen-bond acceptors (Lipinski definition) is 3. The molecule has 2 aromatic heterocycles. The zero-order valence-corrected chi connectivity index (χ0v) is 7.88. The Hall–Kier alpha value is -1.42. The van der Waals surface area contributed by atoms with Gasteiger partial charge in [-0.2, -0.15) is 0 Å². The van der Waals surface area contributed by atoms with Gasteiger partial charge in [-0.1, -0.05) is 17.4 Å². The van der Waals surface area contributed by atoms with Gasteiger partial charge in [0.15, 0.2) is 0 Å². The number of hydrogen-bond donors (Lipinski definition) is 0. The van der Waals surface area contributed by atoms with Crippen LogP contribution in [0.25, 0.3) is 15.2 Å². The lowest BCUT2D eigenvalue weighted by atomic mass is 10.2. The van der Waals surface area contributed by atoms with E-state index in [0.717, 1.165) is 4.96 Å². The molecule has 0 N–H and O–H groups in total. The fraction of sp³-hybridized carbons (Fsp3) is 0.111. The van der Waals surface area contributed by atoms with Gasteiger partial charge in [0.1, 0.15) is 6.33 Å². The molecule has 0 radical (unpaired) electrons. The fourth-order valence-electron chi connectivity index (χ4n) is 1.46. The number of benzene rings is 1. The lowest BCUT2D eigenvalue weighted by Gasteiger charge is -1.91. The summed E-state index contributed by atoms with van der Waals surface area (Å²) >= 11 is 1.67. The molecule has 0 aliphatic carbocycles. The second-order valence-electron chi connectivity index (χ2n) is 3.06. The lowest BCUT2D eigenvalue weighted by Crippen LogP contribution is -1.76. The van der Waals surface area contributed by atoms with E-state index >= 15 is 0 Å². The van der Waals surface area contributed by atoms with E-state index in [9.17, 15) is 0 Å². The predicted molar refractivity (Wildman–Crippen MR) is 53.1 cm³/mol. The van der Waals surface area contributed by atoms with Crippen molar-refractivity contribution >= 4 is 26.5 Å². The molecule has 0 atom stereocenters. The SMILES string of the molecule is Cc1ccc2c(c1)sc1nncn12. The zero-order chi connectivity index (χ0) is 8.84. The minimum Gasteiger partial charge on any atom is -0.272 e. The molecule has 0 saturated carbocycles. The molecule has 0 fully saturated rings. The van der Waals surface area contributed by atoms with Gasteiger partial charge in [-0.05, 0) is 24.6 Å². The summed E-state index contributed by atoms with van der Waals surface area (Å²) < 4.78 is 3.28. The molecule has 13 heavy (non-hydrogen) atoms. The van der Waals surface area contributed by atoms with Gasteiger partial charge in [0.25, 0.3) is 0 Å². The van der Waals surface area contributed by atoms with Crippen LogP contribution in [0, 0.1) is 6.92 Å². The van der Waals surface area contributed by atoms with Crippen molar-refractivity contribution in [3.8, 4) is 0 Å². The minimum absolute atomic E-state index is 0.959. The van der Waals surface area contributed by atoms with Gasteiger partial charge in [-0.25, -0.2) is 0 Å². The van der Waals surface area contributed by atoms with Gasteiger partial charge in [0.05, 0.1) is 10.2 Å². The zero-order valence-electron chi connectivity index (χ0n) is 7.06. The number of fused-ring (bicyclic) bond motifs is 3. The summed E-state index contributed by atoms with van der Waals surface area (Å²) in [7, 11) is 0. The minimum atomic E-state index is 0.959. The Balaban J connectivity index is 2.59. The fourth-order valence-corrected chi connectivity index (χ4v) is 2.50. The standard InChI is InChI=1S/C9H7N3S/c1-6-2-3-7-8(4-6)13-9-11-10-5-12(7)9/h2-5H,1H3. The number of aryl methyl sites for hydroxylation is 1. The van der Waals surface area contributed by atoms with Gasteiger partial charge >= 0.3 is 0 Å². The van der Waals surface area contributed by atoms with Crippen molar-refractivity contribution in [3.63, 3.8) is 0 Å². The number of rotatable bonds is 0. The number of nitrogens with zero attached hydrogens (tertiary/aromatic N) is 3. The van der Waals surface area contributed by atoms with Crippen LogP contribution in [0.4, 0.5) is 0 Å². The maximum atomic E-state index is 4.02. The van der Waals surface area contributed by atoms with E-state index in [1.807, 2.05) is 4.40 Å². The van der Waals surface area contributed by atoms with Gasteiger partial charge in [-0.3, -0.25) is 4.40 Å². The van der Waals surface area contributed by atoms with Gasteiger partial charge in [0, 0.05) is 0 Å². The van der Waals surface area contributed by atoms with E-state index in [-0.39, 0.29) is 0 Å². The molecule has 2 heterocycles.